The Bertz CT molecular complexity index is 1360. The van der Waals surface area contributed by atoms with Gasteiger partial charge < -0.3 is 24.2 Å². The third-order valence-corrected chi connectivity index (χ3v) is 6.56. The normalized spacial score (nSPS) is 16.6. The molecule has 0 unspecified atom stereocenters. The zero-order valence-electron chi connectivity index (χ0n) is 21.1. The van der Waals surface area contributed by atoms with Crippen LogP contribution in [0, 0.1) is 5.82 Å². The summed E-state index contributed by atoms with van der Waals surface area (Å²) in [6.07, 6.45) is 1.11. The molecule has 3 aromatic rings. The Morgan fingerprint density at radius 3 is 2.63 bits per heavy atom. The largest absolute Gasteiger partial charge is 0.479 e. The van der Waals surface area contributed by atoms with Crippen molar-refractivity contribution < 1.29 is 28.2 Å². The van der Waals surface area contributed by atoms with Crippen LogP contribution >= 0.6 is 0 Å². The van der Waals surface area contributed by atoms with Crippen LogP contribution in [0.4, 0.5) is 10.1 Å². The standard InChI is InChI=1S/C28H27FN4O5/c1-31(2)26(34)16-32-15-22-21(27(32)35)12-19(13-23(22)29)33-11-10-24(28(33)36)38-20-8-9-25(30-14-20)37-17-18-6-4-3-5-7-18/h3-9,12-14,24H,10-11,15-17H2,1-2H3/t24-/m1/s1. The van der Waals surface area contributed by atoms with Gasteiger partial charge in [0.2, 0.25) is 11.8 Å². The van der Waals surface area contributed by atoms with Gasteiger partial charge in [-0.15, -0.1) is 0 Å². The van der Waals surface area contributed by atoms with E-state index in [1.165, 1.54) is 33.0 Å². The number of halogens is 1. The van der Waals surface area contributed by atoms with Gasteiger partial charge in [0.1, 0.15) is 24.7 Å². The van der Waals surface area contributed by atoms with E-state index in [2.05, 4.69) is 4.98 Å². The molecule has 3 heterocycles. The summed E-state index contributed by atoms with van der Waals surface area (Å²) in [7, 11) is 3.19. The Balaban J connectivity index is 1.22. The fraction of sp³-hybridized carbons (Fsp3) is 0.286. The van der Waals surface area contributed by atoms with Gasteiger partial charge in [0.25, 0.3) is 11.8 Å². The number of carbonyl (C=O) groups excluding carboxylic acids is 3. The summed E-state index contributed by atoms with van der Waals surface area (Å²) >= 11 is 0. The van der Waals surface area contributed by atoms with Crippen LogP contribution in [-0.2, 0) is 22.7 Å². The van der Waals surface area contributed by atoms with E-state index in [1.807, 2.05) is 30.3 Å². The highest BCUT2D eigenvalue weighted by atomic mass is 19.1. The number of carbonyl (C=O) groups is 3. The van der Waals surface area contributed by atoms with Crippen molar-refractivity contribution in [2.24, 2.45) is 0 Å². The molecule has 2 aliphatic heterocycles. The first-order chi connectivity index (χ1) is 18.3. The quantitative estimate of drug-likeness (QED) is 0.455. The number of rotatable bonds is 8. The molecule has 0 spiro atoms. The molecule has 1 aromatic heterocycles. The van der Waals surface area contributed by atoms with E-state index in [0.29, 0.717) is 31.2 Å². The summed E-state index contributed by atoms with van der Waals surface area (Å²) in [6.45, 7) is 0.563. The molecule has 0 radical (unpaired) electrons. The molecule has 0 N–H and O–H groups in total. The summed E-state index contributed by atoms with van der Waals surface area (Å²) in [5, 5.41) is 0. The number of anilines is 1. The van der Waals surface area contributed by atoms with Gasteiger partial charge in [0.05, 0.1) is 12.7 Å². The molecule has 0 bridgehead atoms. The van der Waals surface area contributed by atoms with Gasteiger partial charge in [-0.3, -0.25) is 14.4 Å². The number of pyridine rings is 1. The molecular weight excluding hydrogens is 491 g/mol. The molecule has 3 amide bonds. The smallest absolute Gasteiger partial charge is 0.268 e. The number of ether oxygens (including phenoxy) is 2. The van der Waals surface area contributed by atoms with E-state index in [1.54, 1.807) is 26.2 Å². The van der Waals surface area contributed by atoms with Crippen molar-refractivity contribution in [2.45, 2.75) is 25.7 Å². The lowest BCUT2D eigenvalue weighted by molar-refractivity contribution is -0.129. The van der Waals surface area contributed by atoms with Crippen LogP contribution in [0.15, 0.2) is 60.8 Å². The molecule has 196 valence electrons. The molecule has 9 nitrogen and oxygen atoms in total. The Hall–Kier alpha value is -4.47. The van der Waals surface area contributed by atoms with Crippen molar-refractivity contribution in [1.82, 2.24) is 14.8 Å². The van der Waals surface area contributed by atoms with Crippen LogP contribution < -0.4 is 14.4 Å². The molecule has 2 aromatic carbocycles. The third-order valence-electron chi connectivity index (χ3n) is 6.56. The molecule has 0 aliphatic carbocycles. The Labute approximate surface area is 219 Å². The van der Waals surface area contributed by atoms with Crippen LogP contribution in [0.5, 0.6) is 11.6 Å². The van der Waals surface area contributed by atoms with Crippen molar-refractivity contribution in [1.29, 1.82) is 0 Å². The number of benzene rings is 2. The van der Waals surface area contributed by atoms with Gasteiger partial charge in [0.15, 0.2) is 6.10 Å². The molecule has 1 fully saturated rings. The number of likely N-dealkylation sites (N-methyl/N-ethyl adjacent to an activating group) is 1. The predicted molar refractivity (Wildman–Crippen MR) is 136 cm³/mol. The Morgan fingerprint density at radius 2 is 1.92 bits per heavy atom. The van der Waals surface area contributed by atoms with Gasteiger partial charge in [-0.05, 0) is 23.8 Å². The van der Waals surface area contributed by atoms with E-state index in [4.69, 9.17) is 9.47 Å². The minimum absolute atomic E-state index is 0.0115. The minimum Gasteiger partial charge on any atom is -0.479 e. The molecule has 5 rings (SSSR count). The lowest BCUT2D eigenvalue weighted by Gasteiger charge is -2.18. The van der Waals surface area contributed by atoms with E-state index >= 15 is 0 Å². The number of nitrogens with zero attached hydrogens (tertiary/aromatic N) is 4. The zero-order valence-corrected chi connectivity index (χ0v) is 21.1. The van der Waals surface area contributed by atoms with Crippen LogP contribution in [0.2, 0.25) is 0 Å². The minimum atomic E-state index is -0.769. The Morgan fingerprint density at radius 1 is 1.13 bits per heavy atom. The predicted octanol–water partition coefficient (Wildman–Crippen LogP) is 3.03. The van der Waals surface area contributed by atoms with Gasteiger partial charge in [-0.25, -0.2) is 9.37 Å². The average Bonchev–Trinajstić information content (AvgIpc) is 3.43. The summed E-state index contributed by atoms with van der Waals surface area (Å²) in [6, 6.07) is 15.8. The van der Waals surface area contributed by atoms with Gasteiger partial charge in [-0.2, -0.15) is 0 Å². The zero-order chi connectivity index (χ0) is 26.8. The maximum Gasteiger partial charge on any atom is 0.268 e. The number of amides is 3. The van der Waals surface area contributed by atoms with Crippen molar-refractivity contribution in [3.63, 3.8) is 0 Å². The van der Waals surface area contributed by atoms with Crippen LogP contribution in [-0.4, -0.2) is 65.8 Å². The maximum atomic E-state index is 15.0. The third kappa shape index (κ3) is 5.15. The highest BCUT2D eigenvalue weighted by Gasteiger charge is 2.37. The van der Waals surface area contributed by atoms with Gasteiger partial charge in [-0.1, -0.05) is 30.3 Å². The highest BCUT2D eigenvalue weighted by molar-refractivity contribution is 6.03. The fourth-order valence-corrected chi connectivity index (χ4v) is 4.43. The molecule has 10 heteroatoms. The number of hydrogen-bond donors (Lipinski definition) is 0. The lowest BCUT2D eigenvalue weighted by atomic mass is 10.1. The van der Waals surface area contributed by atoms with Gasteiger partial charge >= 0.3 is 0 Å². The van der Waals surface area contributed by atoms with Crippen LogP contribution in [0.1, 0.15) is 27.9 Å². The second-order valence-electron chi connectivity index (χ2n) is 9.39. The molecular formula is C28H27FN4O5. The molecule has 0 saturated carbocycles. The lowest BCUT2D eigenvalue weighted by Crippen LogP contribution is -2.36. The van der Waals surface area contributed by atoms with E-state index in [-0.39, 0.29) is 41.7 Å². The van der Waals surface area contributed by atoms with Crippen molar-refractivity contribution in [2.75, 3.05) is 32.1 Å². The second kappa shape index (κ2) is 10.5. The van der Waals surface area contributed by atoms with Crippen LogP contribution in [0.25, 0.3) is 0 Å². The monoisotopic (exact) mass is 518 g/mol. The van der Waals surface area contributed by atoms with E-state index in [0.717, 1.165) is 5.56 Å². The first-order valence-electron chi connectivity index (χ1n) is 12.2. The van der Waals surface area contributed by atoms with Crippen molar-refractivity contribution >= 4 is 23.4 Å². The first-order valence-corrected chi connectivity index (χ1v) is 12.2. The van der Waals surface area contributed by atoms with Crippen LogP contribution in [0.3, 0.4) is 0 Å². The average molecular weight is 519 g/mol. The highest BCUT2D eigenvalue weighted by Crippen LogP contribution is 2.32. The van der Waals surface area contributed by atoms with Gasteiger partial charge in [0, 0.05) is 49.9 Å². The first kappa shape index (κ1) is 25.2. The molecule has 1 atom stereocenters. The summed E-state index contributed by atoms with van der Waals surface area (Å²) < 4.78 is 26.5. The van der Waals surface area contributed by atoms with Crippen molar-refractivity contribution in [3.8, 4) is 11.6 Å². The SMILES string of the molecule is CN(C)C(=O)CN1Cc2c(F)cc(N3CC[C@@H](Oc4ccc(OCc5ccccc5)nc4)C3=O)cc2C1=O. The molecule has 1 saturated heterocycles. The van der Waals surface area contributed by atoms with E-state index < -0.39 is 17.8 Å². The molecule has 38 heavy (non-hydrogen) atoms. The number of fused-ring (bicyclic) bond motifs is 1. The topological polar surface area (TPSA) is 92.3 Å². The van der Waals surface area contributed by atoms with Crippen molar-refractivity contribution in [3.05, 3.63) is 83.3 Å². The summed E-state index contributed by atoms with van der Waals surface area (Å²) in [4.78, 5) is 46.4. The fourth-order valence-electron chi connectivity index (χ4n) is 4.43. The molecule has 2 aliphatic rings. The van der Waals surface area contributed by atoms with E-state index in [9.17, 15) is 18.8 Å². The Kier molecular flexibility index (Phi) is 6.95. The number of aromatic nitrogens is 1. The second-order valence-corrected chi connectivity index (χ2v) is 9.39. The summed E-state index contributed by atoms with van der Waals surface area (Å²) in [5.41, 5.74) is 1.70. The number of hydrogen-bond acceptors (Lipinski definition) is 6. The maximum absolute atomic E-state index is 15.0. The summed E-state index contributed by atoms with van der Waals surface area (Å²) in [5.74, 6) is -0.770.